The summed E-state index contributed by atoms with van der Waals surface area (Å²) < 4.78 is 13.7. The predicted octanol–water partition coefficient (Wildman–Crippen LogP) is 4.04. The lowest BCUT2D eigenvalue weighted by Gasteiger charge is -2.35. The van der Waals surface area contributed by atoms with Crippen molar-refractivity contribution in [3.63, 3.8) is 0 Å². The van der Waals surface area contributed by atoms with Crippen molar-refractivity contribution in [2.45, 2.75) is 25.3 Å². The van der Waals surface area contributed by atoms with Gasteiger partial charge in [-0.05, 0) is 63.7 Å². The van der Waals surface area contributed by atoms with Gasteiger partial charge in [0.05, 0.1) is 18.3 Å². The number of likely N-dealkylation sites (tertiary alicyclic amines) is 1. The van der Waals surface area contributed by atoms with Gasteiger partial charge in [0.1, 0.15) is 11.6 Å². The zero-order valence-corrected chi connectivity index (χ0v) is 18.3. The Bertz CT molecular complexity index is 1080. The molecule has 166 valence electrons. The molecule has 3 heterocycles. The topological polar surface area (TPSA) is 74.2 Å². The fourth-order valence-corrected chi connectivity index (χ4v) is 3.92. The van der Waals surface area contributed by atoms with E-state index in [0.29, 0.717) is 36.1 Å². The highest BCUT2D eigenvalue weighted by Gasteiger charge is 2.30. The summed E-state index contributed by atoms with van der Waals surface area (Å²) in [7, 11) is 3.77. The molecule has 1 amide bonds. The molecule has 1 atom stereocenters. The lowest BCUT2D eigenvalue weighted by Crippen LogP contribution is -2.43. The summed E-state index contributed by atoms with van der Waals surface area (Å²) in [4.78, 5) is 30.5. The number of nitrogens with zero attached hydrogens (tertiary/aromatic N) is 5. The highest BCUT2D eigenvalue weighted by molar-refractivity contribution is 5.79. The summed E-state index contributed by atoms with van der Waals surface area (Å²) in [6, 6.07) is 11.6. The third-order valence-corrected chi connectivity index (χ3v) is 5.37. The van der Waals surface area contributed by atoms with Gasteiger partial charge in [-0.25, -0.2) is 14.4 Å². The number of pyridine rings is 1. The zero-order chi connectivity index (χ0) is 22.5. The number of benzene rings is 1. The lowest BCUT2D eigenvalue weighted by molar-refractivity contribution is -0.135. The molecule has 0 aliphatic carbocycles. The van der Waals surface area contributed by atoms with Crippen LogP contribution in [0.15, 0.2) is 54.9 Å². The number of carbonyl (C=O) groups is 1. The fourth-order valence-electron chi connectivity index (χ4n) is 3.92. The Labute approximate surface area is 187 Å². The molecule has 0 saturated carbocycles. The van der Waals surface area contributed by atoms with Gasteiger partial charge in [-0.2, -0.15) is 0 Å². The summed E-state index contributed by atoms with van der Waals surface area (Å²) in [6.45, 7) is 1.03. The van der Waals surface area contributed by atoms with Crippen LogP contribution >= 0.6 is 0 Å². The second-order valence-corrected chi connectivity index (χ2v) is 8.21. The second-order valence-electron chi connectivity index (χ2n) is 8.21. The Kier molecular flexibility index (Phi) is 6.70. The standard InChI is InChI=1S/C24H27FN6O/c1-30(2)16-23(32)31-12-4-3-10-21(31)24-28-20(17-7-6-11-26-15-17)14-22(29-24)27-19-9-5-8-18(25)13-19/h5-9,11,13-15,21H,3-4,10,12,16H2,1-2H3,(H,27,28,29)/t21-/m1/s1. The van der Waals surface area contributed by atoms with E-state index in [1.807, 2.05) is 42.1 Å². The maximum absolute atomic E-state index is 13.7. The van der Waals surface area contributed by atoms with E-state index in [1.54, 1.807) is 24.5 Å². The van der Waals surface area contributed by atoms with Crippen LogP contribution in [-0.4, -0.2) is 57.8 Å². The number of rotatable bonds is 6. The summed E-state index contributed by atoms with van der Waals surface area (Å²) in [5, 5.41) is 3.19. The van der Waals surface area contributed by atoms with E-state index in [0.717, 1.165) is 24.8 Å². The van der Waals surface area contributed by atoms with Gasteiger partial charge in [0.15, 0.2) is 5.82 Å². The smallest absolute Gasteiger partial charge is 0.237 e. The summed E-state index contributed by atoms with van der Waals surface area (Å²) in [5.41, 5.74) is 2.14. The number of nitrogens with one attached hydrogen (secondary N) is 1. The number of carbonyl (C=O) groups excluding carboxylic acids is 1. The van der Waals surface area contributed by atoms with E-state index in [9.17, 15) is 9.18 Å². The van der Waals surface area contributed by atoms with Crippen molar-refractivity contribution >= 4 is 17.4 Å². The fraction of sp³-hybridized carbons (Fsp3) is 0.333. The van der Waals surface area contributed by atoms with E-state index < -0.39 is 0 Å². The number of hydrogen-bond acceptors (Lipinski definition) is 6. The molecule has 0 unspecified atom stereocenters. The average Bonchev–Trinajstić information content (AvgIpc) is 2.79. The minimum absolute atomic E-state index is 0.0646. The molecule has 1 aromatic carbocycles. The molecular formula is C24H27FN6O. The van der Waals surface area contributed by atoms with Gasteiger partial charge >= 0.3 is 0 Å². The highest BCUT2D eigenvalue weighted by Crippen LogP contribution is 2.32. The highest BCUT2D eigenvalue weighted by atomic mass is 19.1. The Morgan fingerprint density at radius 1 is 1.19 bits per heavy atom. The Morgan fingerprint density at radius 2 is 2.06 bits per heavy atom. The average molecular weight is 435 g/mol. The van der Waals surface area contributed by atoms with Crippen LogP contribution in [0.4, 0.5) is 15.9 Å². The van der Waals surface area contributed by atoms with Crippen molar-refractivity contribution in [2.75, 3.05) is 32.5 Å². The monoisotopic (exact) mass is 434 g/mol. The maximum Gasteiger partial charge on any atom is 0.237 e. The first-order valence-corrected chi connectivity index (χ1v) is 10.8. The van der Waals surface area contributed by atoms with Gasteiger partial charge in [0.25, 0.3) is 0 Å². The first kappa shape index (κ1) is 21.8. The van der Waals surface area contributed by atoms with Crippen molar-refractivity contribution in [1.29, 1.82) is 0 Å². The minimum Gasteiger partial charge on any atom is -0.340 e. The van der Waals surface area contributed by atoms with Gasteiger partial charge < -0.3 is 15.1 Å². The van der Waals surface area contributed by atoms with E-state index in [2.05, 4.69) is 10.3 Å². The summed E-state index contributed by atoms with van der Waals surface area (Å²) in [6.07, 6.45) is 6.22. The molecule has 0 radical (unpaired) electrons. The van der Waals surface area contributed by atoms with Crippen LogP contribution in [0.2, 0.25) is 0 Å². The van der Waals surface area contributed by atoms with Crippen LogP contribution in [0.3, 0.4) is 0 Å². The molecule has 32 heavy (non-hydrogen) atoms. The molecule has 7 nitrogen and oxygen atoms in total. The summed E-state index contributed by atoms with van der Waals surface area (Å²) in [5.74, 6) is 0.862. The Morgan fingerprint density at radius 3 is 2.81 bits per heavy atom. The normalized spacial score (nSPS) is 16.2. The third-order valence-electron chi connectivity index (χ3n) is 5.37. The van der Waals surface area contributed by atoms with Crippen LogP contribution in [0, 0.1) is 5.82 Å². The molecule has 2 aromatic heterocycles. The Hall–Kier alpha value is -3.39. The van der Waals surface area contributed by atoms with Gasteiger partial charge in [-0.1, -0.05) is 6.07 Å². The quantitative estimate of drug-likeness (QED) is 0.631. The van der Waals surface area contributed by atoms with Gasteiger partial charge in [-0.3, -0.25) is 9.78 Å². The molecule has 0 spiro atoms. The SMILES string of the molecule is CN(C)CC(=O)N1CCCC[C@@H]1c1nc(Nc2cccc(F)c2)cc(-c2cccnc2)n1. The second kappa shape index (κ2) is 9.82. The predicted molar refractivity (Wildman–Crippen MR) is 122 cm³/mol. The number of likely N-dealkylation sites (N-methyl/N-ethyl adjacent to an activating group) is 1. The van der Waals surface area contributed by atoms with Crippen molar-refractivity contribution in [3.05, 3.63) is 66.5 Å². The van der Waals surface area contributed by atoms with E-state index in [-0.39, 0.29) is 17.8 Å². The van der Waals surface area contributed by atoms with Gasteiger partial charge in [0, 0.05) is 36.3 Å². The number of aromatic nitrogens is 3. The van der Waals surface area contributed by atoms with Crippen molar-refractivity contribution in [1.82, 2.24) is 24.8 Å². The number of anilines is 2. The molecule has 0 bridgehead atoms. The van der Waals surface area contributed by atoms with Gasteiger partial charge in [0.2, 0.25) is 5.91 Å². The molecule has 1 saturated heterocycles. The molecule has 4 rings (SSSR count). The zero-order valence-electron chi connectivity index (χ0n) is 18.3. The van der Waals surface area contributed by atoms with Crippen LogP contribution in [-0.2, 0) is 4.79 Å². The number of amides is 1. The molecule has 1 fully saturated rings. The van der Waals surface area contributed by atoms with E-state index in [1.165, 1.54) is 12.1 Å². The minimum atomic E-state index is -0.329. The molecule has 1 aliphatic heterocycles. The van der Waals surface area contributed by atoms with Crippen LogP contribution < -0.4 is 5.32 Å². The summed E-state index contributed by atoms with van der Waals surface area (Å²) >= 11 is 0. The molecule has 3 aromatic rings. The van der Waals surface area contributed by atoms with Crippen LogP contribution in [0.1, 0.15) is 31.1 Å². The first-order valence-electron chi connectivity index (χ1n) is 10.8. The van der Waals surface area contributed by atoms with Crippen LogP contribution in [0.25, 0.3) is 11.3 Å². The van der Waals surface area contributed by atoms with Crippen LogP contribution in [0.5, 0.6) is 0 Å². The molecule has 1 N–H and O–H groups in total. The molecular weight excluding hydrogens is 407 g/mol. The number of piperidine rings is 1. The Balaban J connectivity index is 1.73. The van der Waals surface area contributed by atoms with Gasteiger partial charge in [-0.15, -0.1) is 0 Å². The number of hydrogen-bond donors (Lipinski definition) is 1. The molecule has 1 aliphatic rings. The van der Waals surface area contributed by atoms with Crippen molar-refractivity contribution < 1.29 is 9.18 Å². The number of halogens is 1. The molecule has 8 heteroatoms. The third kappa shape index (κ3) is 5.26. The van der Waals surface area contributed by atoms with E-state index >= 15 is 0 Å². The van der Waals surface area contributed by atoms with Crippen molar-refractivity contribution in [2.24, 2.45) is 0 Å². The largest absolute Gasteiger partial charge is 0.340 e. The maximum atomic E-state index is 13.7. The lowest BCUT2D eigenvalue weighted by atomic mass is 10.0. The van der Waals surface area contributed by atoms with Crippen molar-refractivity contribution in [3.8, 4) is 11.3 Å². The van der Waals surface area contributed by atoms with E-state index in [4.69, 9.17) is 9.97 Å². The first-order chi connectivity index (χ1) is 15.5.